The van der Waals surface area contributed by atoms with Crippen LogP contribution in [0.25, 0.3) is 0 Å². The van der Waals surface area contributed by atoms with Crippen LogP contribution in [0, 0.1) is 17.3 Å². The van der Waals surface area contributed by atoms with Gasteiger partial charge in [0.15, 0.2) is 0 Å². The third-order valence-corrected chi connectivity index (χ3v) is 8.24. The molecule has 0 saturated heterocycles. The quantitative estimate of drug-likeness (QED) is 0.233. The molecule has 0 aromatic rings. The number of allylic oxidation sites excluding steroid dienone is 2. The van der Waals surface area contributed by atoms with E-state index in [-0.39, 0.29) is 24.4 Å². The Labute approximate surface area is 232 Å². The molecule has 0 radical (unpaired) electrons. The van der Waals surface area contributed by atoms with Gasteiger partial charge in [0.25, 0.3) is 0 Å². The summed E-state index contributed by atoms with van der Waals surface area (Å²) in [6.45, 7) is 12.1. The Kier molecular flexibility index (Phi) is 10.9. The summed E-state index contributed by atoms with van der Waals surface area (Å²) in [6, 6.07) is 0. The second-order valence-corrected chi connectivity index (χ2v) is 12.3. The first-order valence-electron chi connectivity index (χ1n) is 13.8. The number of hydrogen-bond acceptors (Lipinski definition) is 8. The third kappa shape index (κ3) is 9.48. The van der Waals surface area contributed by atoms with Crippen LogP contribution >= 0.6 is 0 Å². The lowest BCUT2D eigenvalue weighted by Crippen LogP contribution is -2.45. The van der Waals surface area contributed by atoms with Crippen molar-refractivity contribution < 1.29 is 43.6 Å². The average Bonchev–Trinajstić information content (AvgIpc) is 3.10. The second kappa shape index (κ2) is 13.1. The van der Waals surface area contributed by atoms with Crippen molar-refractivity contribution in [3.63, 3.8) is 0 Å². The van der Waals surface area contributed by atoms with E-state index in [9.17, 15) is 24.3 Å². The first-order chi connectivity index (χ1) is 17.9. The van der Waals surface area contributed by atoms with E-state index in [1.165, 1.54) is 26.3 Å². The van der Waals surface area contributed by atoms with E-state index in [0.29, 0.717) is 12.8 Å². The number of rotatable bonds is 9. The van der Waals surface area contributed by atoms with Gasteiger partial charge in [-0.1, -0.05) is 18.6 Å². The second-order valence-electron chi connectivity index (χ2n) is 12.3. The van der Waals surface area contributed by atoms with Crippen molar-refractivity contribution in [2.24, 2.45) is 17.3 Å². The molecule has 220 valence electrons. The Morgan fingerprint density at radius 1 is 1.05 bits per heavy atom. The maximum Gasteiger partial charge on any atom is 0.309 e. The highest BCUT2D eigenvalue weighted by molar-refractivity contribution is 5.74. The topological polar surface area (TPSA) is 136 Å². The normalized spacial score (nSPS) is 30.2. The van der Waals surface area contributed by atoms with Crippen LogP contribution < -0.4 is 0 Å². The van der Waals surface area contributed by atoms with Gasteiger partial charge in [0.05, 0.1) is 18.4 Å². The number of fused-ring (bicyclic) bond motifs is 1. The lowest BCUT2D eigenvalue weighted by molar-refractivity contribution is -0.163. The molecule has 9 nitrogen and oxygen atoms in total. The molecule has 5 atom stereocenters. The minimum absolute atomic E-state index is 0.0594. The molecule has 2 aliphatic rings. The Bertz CT molecular complexity index is 990. The number of carboxylic acids is 1. The molecule has 0 aromatic carbocycles. The minimum Gasteiger partial charge on any atom is -0.481 e. The first-order valence-corrected chi connectivity index (χ1v) is 13.8. The zero-order valence-electron chi connectivity index (χ0n) is 24.5. The SMILES string of the molecule is CC(=O)OC1/C=C(/COC(=O)CC(C)(O)CC(=O)O)CC/C=C(\C)CC[C@@H]2[C@@H](C(C)(C)OC(C)=O)CC[C@@]12C. The van der Waals surface area contributed by atoms with Crippen LogP contribution in [0.2, 0.25) is 0 Å². The summed E-state index contributed by atoms with van der Waals surface area (Å²) in [5.74, 6) is -2.51. The third-order valence-electron chi connectivity index (χ3n) is 8.24. The maximum absolute atomic E-state index is 12.5. The number of carboxylic acid groups (broad SMARTS) is 1. The molecule has 9 heteroatoms. The molecule has 0 aliphatic heterocycles. The predicted molar refractivity (Wildman–Crippen MR) is 144 cm³/mol. The molecule has 0 spiro atoms. The highest BCUT2D eigenvalue weighted by atomic mass is 16.6. The lowest BCUT2D eigenvalue weighted by Gasteiger charge is -2.43. The van der Waals surface area contributed by atoms with Gasteiger partial charge in [0.2, 0.25) is 0 Å². The van der Waals surface area contributed by atoms with E-state index in [0.717, 1.165) is 31.3 Å². The highest BCUT2D eigenvalue weighted by Crippen LogP contribution is 2.56. The zero-order valence-corrected chi connectivity index (χ0v) is 24.5. The van der Waals surface area contributed by atoms with Crippen LogP contribution in [0.15, 0.2) is 23.3 Å². The van der Waals surface area contributed by atoms with Gasteiger partial charge < -0.3 is 24.4 Å². The van der Waals surface area contributed by atoms with Gasteiger partial charge in [-0.25, -0.2) is 0 Å². The fourth-order valence-electron chi connectivity index (χ4n) is 6.34. The van der Waals surface area contributed by atoms with Gasteiger partial charge in [0.1, 0.15) is 18.3 Å². The molecule has 1 saturated carbocycles. The molecule has 2 aliphatic carbocycles. The van der Waals surface area contributed by atoms with Crippen LogP contribution in [0.1, 0.15) is 99.8 Å². The standard InChI is InChI=1S/C30H46O9/c1-19-9-8-10-22(18-37-27(35)17-29(6,36)16-26(33)34)15-25(38-20(2)31)30(7)14-13-23(24(30)12-11-19)28(4,5)39-21(3)32/h9,15,23-25,36H,8,10-14,16-18H2,1-7H3,(H,33,34)/b19-9+,22-15+/t23-,24+,25?,29?,30+/m0/s1. The van der Waals surface area contributed by atoms with Gasteiger partial charge in [-0.3, -0.25) is 19.2 Å². The van der Waals surface area contributed by atoms with Gasteiger partial charge in [-0.2, -0.15) is 0 Å². The molecular formula is C30H46O9. The van der Waals surface area contributed by atoms with Crippen LogP contribution in [0.4, 0.5) is 0 Å². The van der Waals surface area contributed by atoms with Crippen molar-refractivity contribution in [3.8, 4) is 0 Å². The lowest BCUT2D eigenvalue weighted by atomic mass is 9.67. The summed E-state index contributed by atoms with van der Waals surface area (Å²) in [6.07, 6.45) is 7.02. The molecule has 0 aromatic heterocycles. The van der Waals surface area contributed by atoms with Crippen molar-refractivity contribution in [1.29, 1.82) is 0 Å². The van der Waals surface area contributed by atoms with E-state index in [2.05, 4.69) is 19.9 Å². The molecular weight excluding hydrogens is 504 g/mol. The van der Waals surface area contributed by atoms with Crippen molar-refractivity contribution in [3.05, 3.63) is 23.3 Å². The van der Waals surface area contributed by atoms with E-state index >= 15 is 0 Å². The van der Waals surface area contributed by atoms with Gasteiger partial charge in [-0.05, 0) is 83.8 Å². The fraction of sp³-hybridized carbons (Fsp3) is 0.733. The highest BCUT2D eigenvalue weighted by Gasteiger charge is 2.55. The van der Waals surface area contributed by atoms with E-state index in [4.69, 9.17) is 19.3 Å². The van der Waals surface area contributed by atoms with Gasteiger partial charge in [0, 0.05) is 25.2 Å². The number of aliphatic hydroxyl groups is 1. The number of carbonyl (C=O) groups excluding carboxylic acids is 3. The van der Waals surface area contributed by atoms with Crippen molar-refractivity contribution in [1.82, 2.24) is 0 Å². The van der Waals surface area contributed by atoms with Crippen LogP contribution in [0.5, 0.6) is 0 Å². The van der Waals surface area contributed by atoms with E-state index in [1.807, 2.05) is 19.9 Å². The van der Waals surface area contributed by atoms with Crippen molar-refractivity contribution >= 4 is 23.9 Å². The molecule has 39 heavy (non-hydrogen) atoms. The Morgan fingerprint density at radius 2 is 1.72 bits per heavy atom. The molecule has 1 fully saturated rings. The molecule has 2 rings (SSSR count). The summed E-state index contributed by atoms with van der Waals surface area (Å²) >= 11 is 0. The Balaban J connectivity index is 2.40. The first kappa shape index (κ1) is 32.5. The van der Waals surface area contributed by atoms with E-state index in [1.54, 1.807) is 0 Å². The number of esters is 3. The molecule has 0 heterocycles. The molecule has 2 N–H and O–H groups in total. The molecule has 0 bridgehead atoms. The van der Waals surface area contributed by atoms with Gasteiger partial charge in [-0.15, -0.1) is 0 Å². The Morgan fingerprint density at radius 3 is 2.31 bits per heavy atom. The monoisotopic (exact) mass is 550 g/mol. The average molecular weight is 551 g/mol. The summed E-state index contributed by atoms with van der Waals surface area (Å²) in [4.78, 5) is 47.6. The number of aliphatic carboxylic acids is 1. The van der Waals surface area contributed by atoms with Crippen molar-refractivity contribution in [2.75, 3.05) is 6.61 Å². The largest absolute Gasteiger partial charge is 0.481 e. The van der Waals surface area contributed by atoms with Gasteiger partial charge >= 0.3 is 23.9 Å². The summed E-state index contributed by atoms with van der Waals surface area (Å²) in [7, 11) is 0. The smallest absolute Gasteiger partial charge is 0.309 e. The molecule has 0 amide bonds. The van der Waals surface area contributed by atoms with Crippen LogP contribution in [-0.2, 0) is 33.4 Å². The number of carbonyl (C=O) groups is 4. The summed E-state index contributed by atoms with van der Waals surface area (Å²) in [5.41, 5.74) is -0.845. The van der Waals surface area contributed by atoms with Crippen LogP contribution in [-0.4, -0.2) is 58.0 Å². The summed E-state index contributed by atoms with van der Waals surface area (Å²) < 4.78 is 17.2. The fourth-order valence-corrected chi connectivity index (χ4v) is 6.34. The van der Waals surface area contributed by atoms with Crippen LogP contribution in [0.3, 0.4) is 0 Å². The molecule has 2 unspecified atom stereocenters. The van der Waals surface area contributed by atoms with Crippen molar-refractivity contribution in [2.45, 2.75) is 117 Å². The predicted octanol–water partition coefficient (Wildman–Crippen LogP) is 4.90. The maximum atomic E-state index is 12.5. The number of ether oxygens (including phenoxy) is 3. The minimum atomic E-state index is -1.72. The summed E-state index contributed by atoms with van der Waals surface area (Å²) in [5, 5.41) is 19.2. The number of hydrogen-bond donors (Lipinski definition) is 2. The van der Waals surface area contributed by atoms with E-state index < -0.39 is 53.5 Å². The Hall–Kier alpha value is -2.68. The zero-order chi connectivity index (χ0) is 29.6.